The first-order chi connectivity index (χ1) is 14.5. The number of ether oxygens (including phenoxy) is 1. The summed E-state index contributed by atoms with van der Waals surface area (Å²) in [5, 5.41) is 1.35. The lowest BCUT2D eigenvalue weighted by Gasteiger charge is -2.19. The van der Waals surface area contributed by atoms with Gasteiger partial charge in [-0.05, 0) is 43.3 Å². The summed E-state index contributed by atoms with van der Waals surface area (Å²) in [6.07, 6.45) is 0. The van der Waals surface area contributed by atoms with E-state index in [1.165, 1.54) is 0 Å². The van der Waals surface area contributed by atoms with Crippen molar-refractivity contribution >= 4 is 28.4 Å². The van der Waals surface area contributed by atoms with Gasteiger partial charge in [0.25, 0.3) is 5.91 Å². The highest BCUT2D eigenvalue weighted by atomic mass is 35.5. The van der Waals surface area contributed by atoms with E-state index in [-0.39, 0.29) is 5.91 Å². The van der Waals surface area contributed by atoms with Crippen LogP contribution in [0.5, 0.6) is 5.75 Å². The van der Waals surface area contributed by atoms with Crippen molar-refractivity contribution in [1.82, 2.24) is 9.88 Å². The van der Waals surface area contributed by atoms with Gasteiger partial charge in [-0.25, -0.2) is 4.98 Å². The normalized spacial score (nSPS) is 10.9. The van der Waals surface area contributed by atoms with Gasteiger partial charge >= 0.3 is 0 Å². The van der Waals surface area contributed by atoms with Crippen molar-refractivity contribution < 1.29 is 13.9 Å². The Morgan fingerprint density at radius 3 is 2.63 bits per heavy atom. The van der Waals surface area contributed by atoms with Crippen LogP contribution in [0.4, 0.5) is 0 Å². The number of carbonyl (C=O) groups excluding carboxylic acids is 1. The van der Waals surface area contributed by atoms with E-state index in [0.29, 0.717) is 40.9 Å². The number of halogens is 1. The lowest BCUT2D eigenvalue weighted by Crippen LogP contribution is -2.31. The number of nitrogens with zero attached hydrogens (tertiary/aromatic N) is 2. The Bertz CT molecular complexity index is 1200. The number of para-hydroxylation sites is 2. The van der Waals surface area contributed by atoms with Crippen LogP contribution in [0.2, 0.25) is 5.02 Å². The molecule has 0 aliphatic heterocycles. The summed E-state index contributed by atoms with van der Waals surface area (Å²) >= 11 is 6.12. The summed E-state index contributed by atoms with van der Waals surface area (Å²) in [5.74, 6) is 1.92. The number of aryl methyl sites for hydroxylation is 1. The maximum Gasteiger partial charge on any atom is 0.254 e. The molecule has 2 aromatic carbocycles. The minimum atomic E-state index is -0.110. The van der Waals surface area contributed by atoms with E-state index in [9.17, 15) is 4.79 Å². The Hall–Kier alpha value is -3.31. The molecule has 4 rings (SSSR count). The lowest BCUT2D eigenvalue weighted by atomic mass is 10.1. The van der Waals surface area contributed by atoms with E-state index in [1.54, 1.807) is 30.1 Å². The standard InChI is InChI=1S/C24H21ClN2O3/c1-16-11-12-23(30-16)21-15-18(17-7-3-5-9-20(17)26-21)24(28)27(2)13-14-29-22-10-6-4-8-19(22)25/h3-12,15H,13-14H2,1-2H3. The van der Waals surface area contributed by atoms with Crippen molar-refractivity contribution in [3.8, 4) is 17.2 Å². The largest absolute Gasteiger partial charge is 0.490 e. The van der Waals surface area contributed by atoms with Gasteiger partial charge in [0.05, 0.1) is 22.6 Å². The molecule has 0 aliphatic carbocycles. The fourth-order valence-corrected chi connectivity index (χ4v) is 3.40. The van der Waals surface area contributed by atoms with Gasteiger partial charge in [0.15, 0.2) is 5.76 Å². The second-order valence-corrected chi connectivity index (χ2v) is 7.40. The maximum atomic E-state index is 13.2. The molecular formula is C24H21ClN2O3. The van der Waals surface area contributed by atoms with Crippen LogP contribution in [0.15, 0.2) is 71.1 Å². The smallest absolute Gasteiger partial charge is 0.254 e. The second-order valence-electron chi connectivity index (χ2n) is 6.99. The Labute approximate surface area is 179 Å². The zero-order chi connectivity index (χ0) is 21.1. The molecule has 0 spiro atoms. The van der Waals surface area contributed by atoms with E-state index in [0.717, 1.165) is 16.7 Å². The zero-order valence-corrected chi connectivity index (χ0v) is 17.5. The van der Waals surface area contributed by atoms with Crippen molar-refractivity contribution in [2.45, 2.75) is 6.92 Å². The van der Waals surface area contributed by atoms with Gasteiger partial charge in [0.2, 0.25) is 0 Å². The zero-order valence-electron chi connectivity index (χ0n) is 16.8. The van der Waals surface area contributed by atoms with Gasteiger partial charge < -0.3 is 14.1 Å². The van der Waals surface area contributed by atoms with Gasteiger partial charge in [-0.1, -0.05) is 41.9 Å². The highest BCUT2D eigenvalue weighted by Crippen LogP contribution is 2.27. The van der Waals surface area contributed by atoms with Gasteiger partial charge in [-0.2, -0.15) is 0 Å². The van der Waals surface area contributed by atoms with Crippen LogP contribution < -0.4 is 4.74 Å². The number of hydrogen-bond donors (Lipinski definition) is 0. The average Bonchev–Trinajstić information content (AvgIpc) is 3.20. The van der Waals surface area contributed by atoms with Gasteiger partial charge in [-0.15, -0.1) is 0 Å². The Balaban J connectivity index is 1.58. The molecule has 0 N–H and O–H groups in total. The number of amides is 1. The fraction of sp³-hybridized carbons (Fsp3) is 0.167. The number of aromatic nitrogens is 1. The number of benzene rings is 2. The Kier molecular flexibility index (Phi) is 5.72. The highest BCUT2D eigenvalue weighted by Gasteiger charge is 2.18. The topological polar surface area (TPSA) is 55.6 Å². The Morgan fingerprint density at radius 2 is 1.87 bits per heavy atom. The minimum absolute atomic E-state index is 0.110. The molecule has 30 heavy (non-hydrogen) atoms. The van der Waals surface area contributed by atoms with Crippen LogP contribution in [0.25, 0.3) is 22.4 Å². The number of fused-ring (bicyclic) bond motifs is 1. The summed E-state index contributed by atoms with van der Waals surface area (Å²) in [7, 11) is 1.75. The molecule has 4 aromatic rings. The lowest BCUT2D eigenvalue weighted by molar-refractivity contribution is 0.0775. The molecular weight excluding hydrogens is 400 g/mol. The summed E-state index contributed by atoms with van der Waals surface area (Å²) < 4.78 is 11.4. The predicted octanol–water partition coefficient (Wildman–Crippen LogP) is 5.61. The number of furan rings is 1. The molecule has 0 bridgehead atoms. The van der Waals surface area contributed by atoms with Crippen LogP contribution in [0, 0.1) is 6.92 Å². The van der Waals surface area contributed by atoms with Crippen molar-refractivity contribution in [3.05, 3.63) is 83.1 Å². The third-order valence-corrected chi connectivity index (χ3v) is 5.12. The first-order valence-electron chi connectivity index (χ1n) is 9.62. The second kappa shape index (κ2) is 8.59. The molecule has 0 radical (unpaired) electrons. The first-order valence-corrected chi connectivity index (χ1v) is 10.00. The number of pyridine rings is 1. The van der Waals surface area contributed by atoms with Crippen LogP contribution in [0.1, 0.15) is 16.1 Å². The van der Waals surface area contributed by atoms with Gasteiger partial charge in [0.1, 0.15) is 23.8 Å². The molecule has 6 heteroatoms. The van der Waals surface area contributed by atoms with E-state index in [2.05, 4.69) is 4.98 Å². The molecule has 152 valence electrons. The van der Waals surface area contributed by atoms with Crippen molar-refractivity contribution in [1.29, 1.82) is 0 Å². The highest BCUT2D eigenvalue weighted by molar-refractivity contribution is 6.32. The quantitative estimate of drug-likeness (QED) is 0.407. The Morgan fingerprint density at radius 1 is 1.10 bits per heavy atom. The molecule has 5 nitrogen and oxygen atoms in total. The monoisotopic (exact) mass is 420 g/mol. The van der Waals surface area contributed by atoms with Crippen LogP contribution >= 0.6 is 11.6 Å². The van der Waals surface area contributed by atoms with E-state index in [4.69, 9.17) is 20.8 Å². The maximum absolute atomic E-state index is 13.2. The van der Waals surface area contributed by atoms with E-state index in [1.807, 2.05) is 55.5 Å². The van der Waals surface area contributed by atoms with Gasteiger partial charge in [-0.3, -0.25) is 4.79 Å². The molecule has 0 unspecified atom stereocenters. The van der Waals surface area contributed by atoms with Crippen molar-refractivity contribution in [2.24, 2.45) is 0 Å². The number of carbonyl (C=O) groups is 1. The van der Waals surface area contributed by atoms with Crippen LogP contribution in [-0.4, -0.2) is 36.0 Å². The summed E-state index contributed by atoms with van der Waals surface area (Å²) in [6.45, 7) is 2.62. The summed E-state index contributed by atoms with van der Waals surface area (Å²) in [4.78, 5) is 19.5. The number of hydrogen-bond acceptors (Lipinski definition) is 4. The number of likely N-dealkylation sites (N-methyl/N-ethyl adjacent to an activating group) is 1. The molecule has 0 saturated heterocycles. The third-order valence-electron chi connectivity index (χ3n) is 4.81. The SMILES string of the molecule is Cc1ccc(-c2cc(C(=O)N(C)CCOc3ccccc3Cl)c3ccccc3n2)o1. The molecule has 0 saturated carbocycles. The third kappa shape index (κ3) is 4.16. The van der Waals surface area contributed by atoms with Crippen molar-refractivity contribution in [3.63, 3.8) is 0 Å². The summed E-state index contributed by atoms with van der Waals surface area (Å²) in [6, 6.07) is 20.4. The number of rotatable bonds is 6. The van der Waals surface area contributed by atoms with Crippen LogP contribution in [0.3, 0.4) is 0 Å². The van der Waals surface area contributed by atoms with Crippen molar-refractivity contribution in [2.75, 3.05) is 20.2 Å². The fourth-order valence-electron chi connectivity index (χ4n) is 3.21. The van der Waals surface area contributed by atoms with Gasteiger partial charge in [0, 0.05) is 12.4 Å². The van der Waals surface area contributed by atoms with Crippen LogP contribution in [-0.2, 0) is 0 Å². The molecule has 0 fully saturated rings. The van der Waals surface area contributed by atoms with E-state index < -0.39 is 0 Å². The molecule has 1 amide bonds. The molecule has 0 aliphatic rings. The molecule has 2 aromatic heterocycles. The minimum Gasteiger partial charge on any atom is -0.490 e. The van der Waals surface area contributed by atoms with E-state index >= 15 is 0 Å². The summed E-state index contributed by atoms with van der Waals surface area (Å²) in [5.41, 5.74) is 1.95. The molecule has 0 atom stereocenters. The first kappa shape index (κ1) is 20.0. The predicted molar refractivity (Wildman–Crippen MR) is 118 cm³/mol. The molecule has 2 heterocycles. The average molecular weight is 421 g/mol.